The number of aliphatic hydroxyl groups is 1. The van der Waals surface area contributed by atoms with Gasteiger partial charge in [0.1, 0.15) is 0 Å². The Bertz CT molecular complexity index is 357. The van der Waals surface area contributed by atoms with Gasteiger partial charge in [-0.05, 0) is 60.7 Å². The van der Waals surface area contributed by atoms with Gasteiger partial charge in [0.05, 0.1) is 6.10 Å². The third-order valence-corrected chi connectivity index (χ3v) is 6.50. The van der Waals surface area contributed by atoms with E-state index in [2.05, 4.69) is 26.8 Å². The van der Waals surface area contributed by atoms with Crippen LogP contribution in [-0.4, -0.2) is 11.2 Å². The average molecular weight is 248 g/mol. The third kappa shape index (κ3) is 1.78. The van der Waals surface area contributed by atoms with Crippen LogP contribution in [0.25, 0.3) is 0 Å². The van der Waals surface area contributed by atoms with Crippen LogP contribution in [-0.2, 0) is 0 Å². The van der Waals surface area contributed by atoms with E-state index in [1.54, 1.807) is 0 Å². The fraction of sp³-hybridized carbons (Fsp3) is 0.882. The number of fused-ring (bicyclic) bond motifs is 3. The number of rotatable bonds is 0. The summed E-state index contributed by atoms with van der Waals surface area (Å²) in [5, 5.41) is 10.00. The second kappa shape index (κ2) is 4.10. The standard InChI is InChI=1S/C17H28O/c1-16(2)9-4-10-17(3)14-11-13(18)7-5-12(14)6-8-15(16)17/h5,7,12-15,18H,4,6,8-11H2,1-3H3/t12-,13+,14+,15+,17-/m1/s1. The molecule has 3 aliphatic carbocycles. The highest BCUT2D eigenvalue weighted by Gasteiger charge is 2.54. The topological polar surface area (TPSA) is 20.2 Å². The molecular weight excluding hydrogens is 220 g/mol. The first-order valence-corrected chi connectivity index (χ1v) is 7.80. The van der Waals surface area contributed by atoms with Gasteiger partial charge in [-0.15, -0.1) is 0 Å². The Morgan fingerprint density at radius 3 is 2.61 bits per heavy atom. The van der Waals surface area contributed by atoms with Crippen molar-refractivity contribution in [1.29, 1.82) is 0 Å². The smallest absolute Gasteiger partial charge is 0.0724 e. The van der Waals surface area contributed by atoms with E-state index >= 15 is 0 Å². The summed E-state index contributed by atoms with van der Waals surface area (Å²) in [7, 11) is 0. The molecule has 0 aliphatic heterocycles. The lowest BCUT2D eigenvalue weighted by molar-refractivity contribution is -0.101. The van der Waals surface area contributed by atoms with Gasteiger partial charge in [-0.25, -0.2) is 0 Å². The predicted molar refractivity (Wildman–Crippen MR) is 75.2 cm³/mol. The van der Waals surface area contributed by atoms with Crippen molar-refractivity contribution < 1.29 is 5.11 Å². The van der Waals surface area contributed by atoms with Crippen molar-refractivity contribution in [2.75, 3.05) is 0 Å². The molecule has 1 heteroatoms. The van der Waals surface area contributed by atoms with E-state index in [0.29, 0.717) is 10.8 Å². The van der Waals surface area contributed by atoms with Crippen LogP contribution in [0.4, 0.5) is 0 Å². The SMILES string of the molecule is CC1(C)CCC[C@]2(C)[C@H]3C[C@@H](O)C=C[C@@H]3CC[C@@H]12. The van der Waals surface area contributed by atoms with Gasteiger partial charge in [0.25, 0.3) is 0 Å². The molecule has 18 heavy (non-hydrogen) atoms. The monoisotopic (exact) mass is 248 g/mol. The zero-order valence-electron chi connectivity index (χ0n) is 12.2. The molecule has 102 valence electrons. The van der Waals surface area contributed by atoms with Crippen molar-refractivity contribution in [1.82, 2.24) is 0 Å². The van der Waals surface area contributed by atoms with Crippen molar-refractivity contribution in [2.45, 2.75) is 65.4 Å². The number of hydrogen-bond donors (Lipinski definition) is 1. The van der Waals surface area contributed by atoms with Gasteiger partial charge in [-0.1, -0.05) is 39.3 Å². The molecule has 1 nitrogen and oxygen atoms in total. The van der Waals surface area contributed by atoms with Gasteiger partial charge in [0.2, 0.25) is 0 Å². The average Bonchev–Trinajstić information content (AvgIpc) is 2.29. The Kier molecular flexibility index (Phi) is 2.89. The molecule has 0 spiro atoms. The van der Waals surface area contributed by atoms with Crippen LogP contribution >= 0.6 is 0 Å². The van der Waals surface area contributed by atoms with Crippen molar-refractivity contribution in [3.8, 4) is 0 Å². The van der Waals surface area contributed by atoms with Crippen molar-refractivity contribution in [2.24, 2.45) is 28.6 Å². The maximum absolute atomic E-state index is 10.00. The maximum atomic E-state index is 10.00. The molecule has 0 aromatic carbocycles. The first-order valence-electron chi connectivity index (χ1n) is 7.80. The number of allylic oxidation sites excluding steroid dienone is 1. The van der Waals surface area contributed by atoms with Crippen LogP contribution in [0, 0.1) is 28.6 Å². The molecule has 0 radical (unpaired) electrons. The van der Waals surface area contributed by atoms with E-state index in [1.165, 1.54) is 32.1 Å². The minimum Gasteiger partial charge on any atom is -0.389 e. The first-order chi connectivity index (χ1) is 8.43. The maximum Gasteiger partial charge on any atom is 0.0724 e. The zero-order chi connectivity index (χ0) is 13.0. The summed E-state index contributed by atoms with van der Waals surface area (Å²) in [6.45, 7) is 7.48. The lowest BCUT2D eigenvalue weighted by Gasteiger charge is -2.60. The van der Waals surface area contributed by atoms with Crippen LogP contribution in [0.15, 0.2) is 12.2 Å². The summed E-state index contributed by atoms with van der Waals surface area (Å²) in [6, 6.07) is 0. The molecule has 2 saturated carbocycles. The number of hydrogen-bond acceptors (Lipinski definition) is 1. The second-order valence-corrected chi connectivity index (χ2v) is 7.94. The van der Waals surface area contributed by atoms with Gasteiger partial charge >= 0.3 is 0 Å². The minimum atomic E-state index is -0.188. The van der Waals surface area contributed by atoms with E-state index < -0.39 is 0 Å². The minimum absolute atomic E-state index is 0.188. The molecule has 0 saturated heterocycles. The summed E-state index contributed by atoms with van der Waals surface area (Å²) < 4.78 is 0. The Labute approximate surface area is 112 Å². The van der Waals surface area contributed by atoms with Gasteiger partial charge in [-0.2, -0.15) is 0 Å². The lowest BCUT2D eigenvalue weighted by atomic mass is 9.45. The molecular formula is C17H28O. The summed E-state index contributed by atoms with van der Waals surface area (Å²) in [5.41, 5.74) is 0.973. The first kappa shape index (κ1) is 12.7. The molecule has 0 unspecified atom stereocenters. The predicted octanol–water partition coefficient (Wildman–Crippen LogP) is 4.17. The van der Waals surface area contributed by atoms with Crippen molar-refractivity contribution in [3.63, 3.8) is 0 Å². The second-order valence-electron chi connectivity index (χ2n) is 7.94. The molecule has 0 aromatic rings. The third-order valence-electron chi connectivity index (χ3n) is 6.50. The highest BCUT2D eigenvalue weighted by Crippen LogP contribution is 2.62. The van der Waals surface area contributed by atoms with Crippen LogP contribution in [0.2, 0.25) is 0 Å². The van der Waals surface area contributed by atoms with Crippen molar-refractivity contribution >= 4 is 0 Å². The highest BCUT2D eigenvalue weighted by atomic mass is 16.3. The Hall–Kier alpha value is -0.300. The Balaban J connectivity index is 1.94. The summed E-state index contributed by atoms with van der Waals surface area (Å²) in [6.07, 6.45) is 12.1. The Morgan fingerprint density at radius 2 is 1.83 bits per heavy atom. The van der Waals surface area contributed by atoms with Crippen LogP contribution in [0.1, 0.15) is 59.3 Å². The summed E-state index contributed by atoms with van der Waals surface area (Å²) >= 11 is 0. The fourth-order valence-corrected chi connectivity index (χ4v) is 5.66. The fourth-order valence-electron chi connectivity index (χ4n) is 5.66. The van der Waals surface area contributed by atoms with E-state index in [9.17, 15) is 5.11 Å². The lowest BCUT2D eigenvalue weighted by Crippen LogP contribution is -2.52. The molecule has 0 amide bonds. The largest absolute Gasteiger partial charge is 0.389 e. The van der Waals surface area contributed by atoms with Crippen LogP contribution in [0.3, 0.4) is 0 Å². The molecule has 1 N–H and O–H groups in total. The highest BCUT2D eigenvalue weighted by molar-refractivity contribution is 5.12. The van der Waals surface area contributed by atoms with Gasteiger partial charge in [0.15, 0.2) is 0 Å². The van der Waals surface area contributed by atoms with E-state index in [1.807, 2.05) is 6.08 Å². The quantitative estimate of drug-likeness (QED) is 0.638. The van der Waals surface area contributed by atoms with Gasteiger partial charge in [-0.3, -0.25) is 0 Å². The summed E-state index contributed by atoms with van der Waals surface area (Å²) in [4.78, 5) is 0. The van der Waals surface area contributed by atoms with E-state index in [-0.39, 0.29) is 6.10 Å². The van der Waals surface area contributed by atoms with Crippen molar-refractivity contribution in [3.05, 3.63) is 12.2 Å². The van der Waals surface area contributed by atoms with Gasteiger partial charge in [0, 0.05) is 0 Å². The summed E-state index contributed by atoms with van der Waals surface area (Å²) in [5.74, 6) is 2.32. The zero-order valence-corrected chi connectivity index (χ0v) is 12.2. The molecule has 3 rings (SSSR count). The van der Waals surface area contributed by atoms with E-state index in [0.717, 1.165) is 24.2 Å². The molecule has 0 bridgehead atoms. The van der Waals surface area contributed by atoms with E-state index in [4.69, 9.17) is 0 Å². The molecule has 0 heterocycles. The molecule has 0 aromatic heterocycles. The molecule has 3 aliphatic rings. The van der Waals surface area contributed by atoms with Crippen LogP contribution < -0.4 is 0 Å². The Morgan fingerprint density at radius 1 is 1.06 bits per heavy atom. The van der Waals surface area contributed by atoms with Gasteiger partial charge < -0.3 is 5.11 Å². The van der Waals surface area contributed by atoms with Crippen LogP contribution in [0.5, 0.6) is 0 Å². The number of aliphatic hydroxyl groups excluding tert-OH is 1. The normalized spacial score (nSPS) is 50.4. The molecule has 2 fully saturated rings. The molecule has 5 atom stereocenters.